The highest BCUT2D eigenvalue weighted by molar-refractivity contribution is 5.77. The third kappa shape index (κ3) is 5.15. The van der Waals surface area contributed by atoms with Gasteiger partial charge in [0.05, 0.1) is 25.3 Å². The molecule has 1 aliphatic rings. The molecule has 0 aliphatic carbocycles. The fraction of sp³-hybridized carbons (Fsp3) is 0.240. The van der Waals surface area contributed by atoms with E-state index in [1.165, 1.54) is 12.1 Å². The predicted molar refractivity (Wildman–Crippen MR) is 118 cm³/mol. The number of benzene rings is 3. The van der Waals surface area contributed by atoms with Gasteiger partial charge in [0.25, 0.3) is 0 Å². The lowest BCUT2D eigenvalue weighted by Crippen LogP contribution is -2.45. The van der Waals surface area contributed by atoms with E-state index in [0.717, 1.165) is 28.3 Å². The lowest BCUT2D eigenvalue weighted by atomic mass is 10.1. The predicted octanol–water partition coefficient (Wildman–Crippen LogP) is 4.31. The summed E-state index contributed by atoms with van der Waals surface area (Å²) < 4.78 is 24.5. The largest absolute Gasteiger partial charge is 0.497 e. The quantitative estimate of drug-likeness (QED) is 0.619. The van der Waals surface area contributed by atoms with E-state index >= 15 is 0 Å². The molecule has 31 heavy (non-hydrogen) atoms. The van der Waals surface area contributed by atoms with E-state index in [4.69, 9.17) is 9.47 Å². The van der Waals surface area contributed by atoms with Gasteiger partial charge in [0, 0.05) is 13.1 Å². The molecule has 3 aromatic carbocycles. The molecule has 1 N–H and O–H groups in total. The van der Waals surface area contributed by atoms with E-state index < -0.39 is 0 Å². The number of para-hydroxylation sites is 2. The molecule has 4 rings (SSSR count). The molecule has 0 radical (unpaired) electrons. The van der Waals surface area contributed by atoms with Gasteiger partial charge >= 0.3 is 0 Å². The highest BCUT2D eigenvalue weighted by atomic mass is 19.1. The minimum absolute atomic E-state index is 0.0556. The Labute approximate surface area is 181 Å². The number of ether oxygens (including phenoxy) is 2. The molecule has 0 spiro atoms. The van der Waals surface area contributed by atoms with Gasteiger partial charge in [0.15, 0.2) is 0 Å². The number of amides is 1. The van der Waals surface area contributed by atoms with E-state index in [1.54, 1.807) is 19.2 Å². The molecule has 3 aromatic rings. The molecule has 5 nitrogen and oxygen atoms in total. The minimum Gasteiger partial charge on any atom is -0.497 e. The van der Waals surface area contributed by atoms with Crippen molar-refractivity contribution in [3.8, 4) is 11.5 Å². The molecule has 1 amide bonds. The van der Waals surface area contributed by atoms with Crippen molar-refractivity contribution < 1.29 is 18.7 Å². The van der Waals surface area contributed by atoms with Crippen molar-refractivity contribution >= 4 is 11.6 Å². The number of hydrogen-bond acceptors (Lipinski definition) is 4. The summed E-state index contributed by atoms with van der Waals surface area (Å²) in [6.45, 7) is 1.40. The van der Waals surface area contributed by atoms with Crippen LogP contribution in [0.15, 0.2) is 72.8 Å². The average molecular weight is 420 g/mol. The lowest BCUT2D eigenvalue weighted by molar-refractivity contribution is -0.121. The Morgan fingerprint density at radius 3 is 2.71 bits per heavy atom. The second kappa shape index (κ2) is 9.51. The van der Waals surface area contributed by atoms with Crippen LogP contribution in [-0.4, -0.2) is 25.7 Å². The smallest absolute Gasteiger partial charge is 0.222 e. The first-order valence-corrected chi connectivity index (χ1v) is 10.2. The van der Waals surface area contributed by atoms with Crippen LogP contribution in [0.5, 0.6) is 11.5 Å². The van der Waals surface area contributed by atoms with Gasteiger partial charge < -0.3 is 19.7 Å². The van der Waals surface area contributed by atoms with Gasteiger partial charge in [0.1, 0.15) is 23.9 Å². The summed E-state index contributed by atoms with van der Waals surface area (Å²) in [7, 11) is 1.62. The standard InChI is InChI=1S/C25H25FN2O3/c1-30-22-6-4-5-19(13-22)15-27-25(29)14-21-17-31-24-8-3-2-7-23(24)28(21)16-18-9-11-20(26)12-10-18/h2-13,21H,14-17H2,1H3,(H,27,29). The molecule has 1 atom stereocenters. The van der Waals surface area contributed by atoms with Crippen LogP contribution in [0.2, 0.25) is 0 Å². The zero-order valence-electron chi connectivity index (χ0n) is 17.4. The van der Waals surface area contributed by atoms with Crippen LogP contribution >= 0.6 is 0 Å². The number of methoxy groups -OCH3 is 1. The number of fused-ring (bicyclic) bond motifs is 1. The average Bonchev–Trinajstić information content (AvgIpc) is 2.80. The van der Waals surface area contributed by atoms with Crippen molar-refractivity contribution in [2.75, 3.05) is 18.6 Å². The van der Waals surface area contributed by atoms with Crippen molar-refractivity contribution in [1.82, 2.24) is 5.32 Å². The van der Waals surface area contributed by atoms with E-state index in [0.29, 0.717) is 26.1 Å². The SMILES string of the molecule is COc1cccc(CNC(=O)CC2COc3ccccc3N2Cc2ccc(F)cc2)c1. The zero-order valence-corrected chi connectivity index (χ0v) is 17.4. The number of nitrogens with one attached hydrogen (secondary N) is 1. The number of carbonyl (C=O) groups is 1. The number of rotatable bonds is 7. The molecule has 160 valence electrons. The summed E-state index contributed by atoms with van der Waals surface area (Å²) in [4.78, 5) is 14.9. The summed E-state index contributed by atoms with van der Waals surface area (Å²) in [6.07, 6.45) is 0.291. The van der Waals surface area contributed by atoms with Crippen LogP contribution in [0.3, 0.4) is 0 Å². The van der Waals surface area contributed by atoms with Gasteiger partial charge in [-0.3, -0.25) is 4.79 Å². The molecule has 1 heterocycles. The van der Waals surface area contributed by atoms with E-state index in [1.807, 2.05) is 48.5 Å². The highest BCUT2D eigenvalue weighted by Gasteiger charge is 2.29. The Hall–Kier alpha value is -3.54. The maximum Gasteiger partial charge on any atom is 0.222 e. The minimum atomic E-state index is -0.264. The van der Waals surface area contributed by atoms with Crippen LogP contribution in [0.4, 0.5) is 10.1 Å². The van der Waals surface area contributed by atoms with Crippen molar-refractivity contribution in [2.45, 2.75) is 25.6 Å². The number of halogens is 1. The summed E-state index contributed by atoms with van der Waals surface area (Å²) >= 11 is 0. The van der Waals surface area contributed by atoms with Crippen molar-refractivity contribution in [2.24, 2.45) is 0 Å². The van der Waals surface area contributed by atoms with Crippen molar-refractivity contribution in [1.29, 1.82) is 0 Å². The first-order valence-electron chi connectivity index (χ1n) is 10.2. The van der Waals surface area contributed by atoms with Crippen LogP contribution in [0, 0.1) is 5.82 Å². The number of nitrogens with zero attached hydrogens (tertiary/aromatic N) is 1. The maximum atomic E-state index is 13.3. The van der Waals surface area contributed by atoms with Crippen LogP contribution in [0.1, 0.15) is 17.5 Å². The van der Waals surface area contributed by atoms with Crippen LogP contribution in [-0.2, 0) is 17.9 Å². The fourth-order valence-corrected chi connectivity index (χ4v) is 3.73. The number of anilines is 1. The second-order valence-corrected chi connectivity index (χ2v) is 7.52. The van der Waals surface area contributed by atoms with Gasteiger partial charge in [-0.15, -0.1) is 0 Å². The lowest BCUT2D eigenvalue weighted by Gasteiger charge is -2.38. The summed E-state index contributed by atoms with van der Waals surface area (Å²) in [6, 6.07) is 21.7. The Balaban J connectivity index is 1.46. The molecule has 6 heteroatoms. The molecule has 0 saturated carbocycles. The van der Waals surface area contributed by atoms with E-state index in [9.17, 15) is 9.18 Å². The van der Waals surface area contributed by atoms with Gasteiger partial charge in [-0.05, 0) is 47.5 Å². The third-order valence-corrected chi connectivity index (χ3v) is 5.36. The Morgan fingerprint density at radius 2 is 1.90 bits per heavy atom. The van der Waals surface area contributed by atoms with Crippen molar-refractivity contribution in [3.05, 3.63) is 89.7 Å². The molecule has 1 unspecified atom stereocenters. The van der Waals surface area contributed by atoms with Gasteiger partial charge in [0.2, 0.25) is 5.91 Å². The van der Waals surface area contributed by atoms with E-state index in [-0.39, 0.29) is 17.8 Å². The summed E-state index contributed by atoms with van der Waals surface area (Å²) in [5.74, 6) is 1.23. The first kappa shape index (κ1) is 20.7. The van der Waals surface area contributed by atoms with Gasteiger partial charge in [-0.1, -0.05) is 36.4 Å². The first-order chi connectivity index (χ1) is 15.1. The van der Waals surface area contributed by atoms with Crippen LogP contribution < -0.4 is 19.7 Å². The van der Waals surface area contributed by atoms with Gasteiger partial charge in [-0.25, -0.2) is 4.39 Å². The molecule has 0 bridgehead atoms. The molecule has 0 fully saturated rings. The number of carbonyl (C=O) groups excluding carboxylic acids is 1. The Morgan fingerprint density at radius 1 is 1.10 bits per heavy atom. The molecular formula is C25H25FN2O3. The summed E-state index contributed by atoms with van der Waals surface area (Å²) in [5, 5.41) is 2.99. The molecule has 1 aliphatic heterocycles. The molecule has 0 aromatic heterocycles. The number of hydrogen-bond donors (Lipinski definition) is 1. The van der Waals surface area contributed by atoms with Crippen molar-refractivity contribution in [3.63, 3.8) is 0 Å². The van der Waals surface area contributed by atoms with Gasteiger partial charge in [-0.2, -0.15) is 0 Å². The topological polar surface area (TPSA) is 50.8 Å². The Bertz CT molecular complexity index is 1040. The monoisotopic (exact) mass is 420 g/mol. The Kier molecular flexibility index (Phi) is 6.36. The summed E-state index contributed by atoms with van der Waals surface area (Å²) in [5.41, 5.74) is 2.88. The zero-order chi connectivity index (χ0) is 21.6. The van der Waals surface area contributed by atoms with Crippen LogP contribution in [0.25, 0.3) is 0 Å². The highest BCUT2D eigenvalue weighted by Crippen LogP contribution is 2.35. The fourth-order valence-electron chi connectivity index (χ4n) is 3.73. The third-order valence-electron chi connectivity index (χ3n) is 5.36. The molecular weight excluding hydrogens is 395 g/mol. The maximum absolute atomic E-state index is 13.3. The second-order valence-electron chi connectivity index (χ2n) is 7.52. The van der Waals surface area contributed by atoms with E-state index in [2.05, 4.69) is 10.2 Å². The molecule has 0 saturated heterocycles. The normalized spacial score (nSPS) is 15.0.